The predicted molar refractivity (Wildman–Crippen MR) is 81.8 cm³/mol. The maximum absolute atomic E-state index is 12.6. The predicted octanol–water partition coefficient (Wildman–Crippen LogP) is 1.22. The van der Waals surface area contributed by atoms with E-state index >= 15 is 0 Å². The lowest BCUT2D eigenvalue weighted by Crippen LogP contribution is -2.41. The number of hydrogen-bond acceptors (Lipinski definition) is 5. The van der Waals surface area contributed by atoms with Crippen molar-refractivity contribution in [3.63, 3.8) is 0 Å². The zero-order valence-corrected chi connectivity index (χ0v) is 13.0. The summed E-state index contributed by atoms with van der Waals surface area (Å²) >= 11 is 1.54. The maximum atomic E-state index is 12.6. The van der Waals surface area contributed by atoms with Crippen LogP contribution in [0.25, 0.3) is 0 Å². The monoisotopic (exact) mass is 319 g/mol. The Morgan fingerprint density at radius 3 is 2.86 bits per heavy atom. The maximum Gasteiger partial charge on any atom is 0.288 e. The van der Waals surface area contributed by atoms with E-state index in [1.54, 1.807) is 4.68 Å². The summed E-state index contributed by atoms with van der Waals surface area (Å²) in [6.45, 7) is 3.25. The van der Waals surface area contributed by atoms with Gasteiger partial charge in [0, 0.05) is 18.5 Å². The topological polar surface area (TPSA) is 94.1 Å². The highest BCUT2D eigenvalue weighted by Crippen LogP contribution is 2.24. The number of nitrogens with zero attached hydrogens (tertiary/aromatic N) is 4. The third kappa shape index (κ3) is 2.74. The van der Waals surface area contributed by atoms with Crippen molar-refractivity contribution in [1.29, 1.82) is 0 Å². The first-order valence-electron chi connectivity index (χ1n) is 7.09. The van der Waals surface area contributed by atoms with Gasteiger partial charge in [-0.3, -0.25) is 9.59 Å². The molecule has 1 aliphatic rings. The van der Waals surface area contributed by atoms with Crippen LogP contribution in [0.2, 0.25) is 0 Å². The van der Waals surface area contributed by atoms with Crippen LogP contribution in [0.3, 0.4) is 0 Å². The summed E-state index contributed by atoms with van der Waals surface area (Å²) in [5.41, 5.74) is 6.95. The fourth-order valence-corrected chi connectivity index (χ4v) is 3.49. The van der Waals surface area contributed by atoms with Crippen LogP contribution >= 0.6 is 11.3 Å². The minimum atomic E-state index is -0.642. The zero-order chi connectivity index (χ0) is 15.7. The molecule has 0 bridgehead atoms. The minimum Gasteiger partial charge on any atom is -0.363 e. The van der Waals surface area contributed by atoms with Gasteiger partial charge in [-0.2, -0.15) is 11.3 Å². The first kappa shape index (κ1) is 14.7. The molecule has 1 aliphatic heterocycles. The second-order valence-electron chi connectivity index (χ2n) is 5.43. The summed E-state index contributed by atoms with van der Waals surface area (Å²) in [5, 5.41) is 7.97. The molecule has 22 heavy (non-hydrogen) atoms. The van der Waals surface area contributed by atoms with E-state index in [1.165, 1.54) is 17.7 Å². The summed E-state index contributed by atoms with van der Waals surface area (Å²) in [7, 11) is 0. The molecular weight excluding hydrogens is 302 g/mol. The van der Waals surface area contributed by atoms with Gasteiger partial charge in [0.1, 0.15) is 6.33 Å². The summed E-state index contributed by atoms with van der Waals surface area (Å²) in [6.07, 6.45) is 3.30. The largest absolute Gasteiger partial charge is 0.363 e. The molecule has 116 valence electrons. The molecule has 0 unspecified atom stereocenters. The van der Waals surface area contributed by atoms with E-state index in [4.69, 9.17) is 5.73 Å². The molecule has 3 rings (SSSR count). The van der Waals surface area contributed by atoms with Crippen molar-refractivity contribution in [2.75, 3.05) is 13.1 Å². The number of primary amides is 1. The Hall–Kier alpha value is -2.22. The molecule has 0 radical (unpaired) electrons. The summed E-state index contributed by atoms with van der Waals surface area (Å²) in [4.78, 5) is 29.4. The van der Waals surface area contributed by atoms with Crippen molar-refractivity contribution in [1.82, 2.24) is 19.7 Å². The quantitative estimate of drug-likeness (QED) is 0.920. The van der Waals surface area contributed by atoms with E-state index in [2.05, 4.69) is 10.1 Å². The van der Waals surface area contributed by atoms with Gasteiger partial charge in [-0.15, -0.1) is 5.10 Å². The second kappa shape index (κ2) is 5.88. The standard InChI is InChI=1S/C14H17N5O2S/c1-9-6-22-7-11(9)14(21)18-4-2-3-10(5-18)19-8-16-13(17-19)12(15)20/h6-8,10H,2-5H2,1H3,(H2,15,20)/t10-/m1/s1. The molecule has 0 spiro atoms. The Kier molecular flexibility index (Phi) is 3.93. The minimum absolute atomic E-state index is 0.0112. The van der Waals surface area contributed by atoms with Crippen molar-refractivity contribution in [2.45, 2.75) is 25.8 Å². The van der Waals surface area contributed by atoms with Gasteiger partial charge < -0.3 is 10.6 Å². The van der Waals surface area contributed by atoms with E-state index < -0.39 is 5.91 Å². The molecule has 8 heteroatoms. The lowest BCUT2D eigenvalue weighted by atomic mass is 10.0. The SMILES string of the molecule is Cc1cscc1C(=O)N1CCC[C@@H](n2cnc(C(N)=O)n2)C1. The van der Waals surface area contributed by atoms with Gasteiger partial charge in [-0.05, 0) is 30.7 Å². The van der Waals surface area contributed by atoms with E-state index in [0.717, 1.165) is 30.5 Å². The van der Waals surface area contributed by atoms with Gasteiger partial charge in [-0.25, -0.2) is 9.67 Å². The van der Waals surface area contributed by atoms with E-state index in [0.29, 0.717) is 6.54 Å². The van der Waals surface area contributed by atoms with Crippen molar-refractivity contribution in [2.24, 2.45) is 5.73 Å². The van der Waals surface area contributed by atoms with Gasteiger partial charge in [0.05, 0.1) is 11.6 Å². The van der Waals surface area contributed by atoms with Gasteiger partial charge in [0.25, 0.3) is 11.8 Å². The van der Waals surface area contributed by atoms with Crippen molar-refractivity contribution in [3.8, 4) is 0 Å². The van der Waals surface area contributed by atoms with Gasteiger partial charge in [0.2, 0.25) is 5.82 Å². The number of piperidine rings is 1. The molecule has 2 aromatic rings. The van der Waals surface area contributed by atoms with Crippen LogP contribution in [0.15, 0.2) is 17.1 Å². The van der Waals surface area contributed by atoms with Gasteiger partial charge >= 0.3 is 0 Å². The van der Waals surface area contributed by atoms with Crippen molar-refractivity contribution in [3.05, 3.63) is 34.0 Å². The molecule has 3 heterocycles. The number of thiophene rings is 1. The highest BCUT2D eigenvalue weighted by Gasteiger charge is 2.27. The van der Waals surface area contributed by atoms with Gasteiger partial charge in [-0.1, -0.05) is 0 Å². The van der Waals surface area contributed by atoms with E-state index in [1.807, 2.05) is 22.6 Å². The average molecular weight is 319 g/mol. The van der Waals surface area contributed by atoms with Crippen LogP contribution in [0.4, 0.5) is 0 Å². The van der Waals surface area contributed by atoms with Crippen LogP contribution in [0.5, 0.6) is 0 Å². The smallest absolute Gasteiger partial charge is 0.288 e. The van der Waals surface area contributed by atoms with Crippen LogP contribution < -0.4 is 5.73 Å². The van der Waals surface area contributed by atoms with Crippen molar-refractivity contribution >= 4 is 23.2 Å². The molecule has 2 N–H and O–H groups in total. The summed E-state index contributed by atoms with van der Waals surface area (Å²) in [5.74, 6) is -0.577. The Morgan fingerprint density at radius 2 is 2.23 bits per heavy atom. The molecule has 2 aromatic heterocycles. The normalized spacial score (nSPS) is 18.4. The Morgan fingerprint density at radius 1 is 1.41 bits per heavy atom. The lowest BCUT2D eigenvalue weighted by Gasteiger charge is -2.32. The fraction of sp³-hybridized carbons (Fsp3) is 0.429. The number of aryl methyl sites for hydroxylation is 1. The fourth-order valence-electron chi connectivity index (χ4n) is 2.67. The second-order valence-corrected chi connectivity index (χ2v) is 6.17. The van der Waals surface area contributed by atoms with Crippen LogP contribution in [0.1, 0.15) is 45.4 Å². The Bertz CT molecular complexity index is 708. The molecule has 1 fully saturated rings. The molecule has 1 saturated heterocycles. The highest BCUT2D eigenvalue weighted by molar-refractivity contribution is 7.08. The number of carbonyl (C=O) groups excluding carboxylic acids is 2. The summed E-state index contributed by atoms with van der Waals surface area (Å²) in [6, 6.07) is 0.0252. The Balaban J connectivity index is 1.75. The zero-order valence-electron chi connectivity index (χ0n) is 12.2. The van der Waals surface area contributed by atoms with E-state index in [-0.39, 0.29) is 17.8 Å². The number of carbonyl (C=O) groups is 2. The highest BCUT2D eigenvalue weighted by atomic mass is 32.1. The number of amides is 2. The van der Waals surface area contributed by atoms with Crippen molar-refractivity contribution < 1.29 is 9.59 Å². The third-order valence-electron chi connectivity index (χ3n) is 3.87. The first-order chi connectivity index (χ1) is 10.6. The molecule has 0 aromatic carbocycles. The molecular formula is C14H17N5O2S. The number of likely N-dealkylation sites (tertiary alicyclic amines) is 1. The number of nitrogens with two attached hydrogens (primary N) is 1. The molecule has 7 nitrogen and oxygen atoms in total. The van der Waals surface area contributed by atoms with Crippen LogP contribution in [-0.4, -0.2) is 44.6 Å². The molecule has 1 atom stereocenters. The third-order valence-corrected chi connectivity index (χ3v) is 4.73. The van der Waals surface area contributed by atoms with Crippen LogP contribution in [-0.2, 0) is 0 Å². The van der Waals surface area contributed by atoms with Crippen LogP contribution in [0, 0.1) is 6.92 Å². The Labute approximate surface area is 131 Å². The van der Waals surface area contributed by atoms with E-state index in [9.17, 15) is 9.59 Å². The molecule has 2 amide bonds. The number of rotatable bonds is 3. The number of aromatic nitrogens is 3. The number of hydrogen-bond donors (Lipinski definition) is 1. The summed E-state index contributed by atoms with van der Waals surface area (Å²) < 4.78 is 1.64. The lowest BCUT2D eigenvalue weighted by molar-refractivity contribution is 0.0671. The molecule has 0 aliphatic carbocycles. The van der Waals surface area contributed by atoms with Gasteiger partial charge in [0.15, 0.2) is 0 Å². The average Bonchev–Trinajstić information content (AvgIpc) is 3.15. The molecule has 0 saturated carbocycles. The first-order valence-corrected chi connectivity index (χ1v) is 8.03.